The lowest BCUT2D eigenvalue weighted by atomic mass is 10.1. The highest BCUT2D eigenvalue weighted by molar-refractivity contribution is 7.92. The van der Waals surface area contributed by atoms with Gasteiger partial charge < -0.3 is 10.5 Å². The molecule has 0 fully saturated rings. The van der Waals surface area contributed by atoms with E-state index < -0.39 is 32.6 Å². The number of alkyl halides is 3. The van der Waals surface area contributed by atoms with Crippen molar-refractivity contribution in [3.05, 3.63) is 23.8 Å². The molecular formula is C10H10F3N5O3S. The second kappa shape index (κ2) is 5.36. The zero-order valence-electron chi connectivity index (χ0n) is 11.0. The van der Waals surface area contributed by atoms with E-state index >= 15 is 0 Å². The minimum Gasteiger partial charge on any atom is -0.495 e. The van der Waals surface area contributed by atoms with Crippen LogP contribution in [0.2, 0.25) is 0 Å². The van der Waals surface area contributed by atoms with E-state index in [0.717, 1.165) is 13.2 Å². The van der Waals surface area contributed by atoms with Gasteiger partial charge in [0.15, 0.2) is 0 Å². The van der Waals surface area contributed by atoms with Crippen molar-refractivity contribution in [1.29, 1.82) is 0 Å². The number of nitrogens with one attached hydrogen (secondary N) is 2. The molecule has 0 saturated heterocycles. The van der Waals surface area contributed by atoms with Crippen molar-refractivity contribution in [2.45, 2.75) is 11.3 Å². The molecule has 0 atom stereocenters. The van der Waals surface area contributed by atoms with Crippen molar-refractivity contribution in [2.75, 3.05) is 17.6 Å². The van der Waals surface area contributed by atoms with Gasteiger partial charge in [0, 0.05) is 0 Å². The minimum absolute atomic E-state index is 0.295. The van der Waals surface area contributed by atoms with Crippen molar-refractivity contribution in [3.8, 4) is 5.75 Å². The minimum atomic E-state index is -4.79. The second-order valence-electron chi connectivity index (χ2n) is 3.99. The summed E-state index contributed by atoms with van der Waals surface area (Å²) in [6, 6.07) is 2.98. The molecule has 8 nitrogen and oxygen atoms in total. The summed E-state index contributed by atoms with van der Waals surface area (Å²) in [6.45, 7) is 0. The van der Waals surface area contributed by atoms with Crippen molar-refractivity contribution in [1.82, 2.24) is 15.2 Å². The fourth-order valence-electron chi connectivity index (χ4n) is 1.60. The highest BCUT2D eigenvalue weighted by Crippen LogP contribution is 2.40. The van der Waals surface area contributed by atoms with Crippen LogP contribution in [0.1, 0.15) is 5.56 Å². The number of nitrogens with zero attached hydrogens (tertiary/aromatic N) is 2. The first-order valence-electron chi connectivity index (χ1n) is 5.60. The number of ether oxygens (including phenoxy) is 1. The fraction of sp³-hybridized carbons (Fsp3) is 0.200. The largest absolute Gasteiger partial charge is 0.495 e. The number of hydrogen-bond acceptors (Lipinski definition) is 6. The molecule has 1 heterocycles. The van der Waals surface area contributed by atoms with Gasteiger partial charge in [0.1, 0.15) is 11.4 Å². The lowest BCUT2D eigenvalue weighted by molar-refractivity contribution is -0.137. The molecule has 0 radical (unpaired) electrons. The lowest BCUT2D eigenvalue weighted by Crippen LogP contribution is -2.19. The smallest absolute Gasteiger partial charge is 0.418 e. The summed E-state index contributed by atoms with van der Waals surface area (Å²) in [5.74, 6) is -0.599. The number of benzene rings is 1. The van der Waals surface area contributed by atoms with E-state index in [1.54, 1.807) is 4.72 Å². The molecule has 120 valence electrons. The Morgan fingerprint density at radius 2 is 2.05 bits per heavy atom. The molecular weight excluding hydrogens is 327 g/mol. The molecule has 0 saturated carbocycles. The molecule has 0 bridgehead atoms. The monoisotopic (exact) mass is 337 g/mol. The van der Waals surface area contributed by atoms with Gasteiger partial charge in [-0.2, -0.15) is 26.6 Å². The summed E-state index contributed by atoms with van der Waals surface area (Å²) >= 11 is 0. The van der Waals surface area contributed by atoms with Crippen molar-refractivity contribution < 1.29 is 26.3 Å². The number of aromatic amines is 1. The molecule has 22 heavy (non-hydrogen) atoms. The van der Waals surface area contributed by atoms with E-state index in [0.29, 0.717) is 6.07 Å². The number of nitrogen functional groups attached to an aromatic ring is 1. The van der Waals surface area contributed by atoms with E-state index in [2.05, 4.69) is 15.2 Å². The predicted octanol–water partition coefficient (Wildman–Crippen LogP) is 1.22. The standard InChI is InChI=1S/C10H10F3N5O3S/c1-21-6-4-2-3-5(10(11,12)13)7(6)18-22(19,20)9-15-8(14)16-17-9/h2-4,18H,1H3,(H3,14,15,16,17). The lowest BCUT2D eigenvalue weighted by Gasteiger charge is -2.16. The highest BCUT2D eigenvalue weighted by Gasteiger charge is 2.36. The molecule has 1 aromatic carbocycles. The van der Waals surface area contributed by atoms with Gasteiger partial charge in [0.25, 0.3) is 15.2 Å². The summed E-state index contributed by atoms with van der Waals surface area (Å²) in [7, 11) is -3.36. The molecule has 0 aliphatic rings. The average molecular weight is 337 g/mol. The third-order valence-corrected chi connectivity index (χ3v) is 3.65. The first kappa shape index (κ1) is 15.9. The molecule has 1 aromatic heterocycles. The van der Waals surface area contributed by atoms with E-state index in [1.807, 2.05) is 0 Å². The van der Waals surface area contributed by atoms with Gasteiger partial charge >= 0.3 is 6.18 Å². The summed E-state index contributed by atoms with van der Waals surface area (Å²) < 4.78 is 69.6. The SMILES string of the molecule is COc1cccc(C(F)(F)F)c1NS(=O)(=O)c1n[nH]c(N)n1. The Morgan fingerprint density at radius 1 is 1.36 bits per heavy atom. The van der Waals surface area contributed by atoms with Crippen LogP contribution in [-0.2, 0) is 16.2 Å². The van der Waals surface area contributed by atoms with E-state index in [9.17, 15) is 21.6 Å². The number of sulfonamides is 1. The van der Waals surface area contributed by atoms with Crippen LogP contribution >= 0.6 is 0 Å². The Hall–Kier alpha value is -2.50. The molecule has 2 rings (SSSR count). The Bertz CT molecular complexity index is 787. The van der Waals surface area contributed by atoms with Crippen LogP contribution < -0.4 is 15.2 Å². The summed E-state index contributed by atoms with van der Waals surface area (Å²) in [5.41, 5.74) is 3.23. The number of nitrogens with two attached hydrogens (primary N) is 1. The number of para-hydroxylation sites is 1. The van der Waals surface area contributed by atoms with Crippen molar-refractivity contribution >= 4 is 21.7 Å². The first-order chi connectivity index (χ1) is 10.1. The van der Waals surface area contributed by atoms with Gasteiger partial charge in [-0.1, -0.05) is 6.07 Å². The normalized spacial score (nSPS) is 12.2. The van der Waals surface area contributed by atoms with Gasteiger partial charge in [-0.05, 0) is 12.1 Å². The van der Waals surface area contributed by atoms with E-state index in [1.165, 1.54) is 6.07 Å². The highest BCUT2D eigenvalue weighted by atomic mass is 32.2. The van der Waals surface area contributed by atoms with Crippen LogP contribution in [0, 0.1) is 0 Å². The van der Waals surface area contributed by atoms with Gasteiger partial charge in [-0.15, -0.1) is 5.10 Å². The summed E-state index contributed by atoms with van der Waals surface area (Å²) in [5, 5.41) is 4.59. The zero-order valence-corrected chi connectivity index (χ0v) is 11.8. The number of hydrogen-bond donors (Lipinski definition) is 3. The number of halogens is 3. The van der Waals surface area contributed by atoms with Gasteiger partial charge in [-0.3, -0.25) is 4.72 Å². The molecule has 2 aromatic rings. The van der Waals surface area contributed by atoms with Crippen LogP contribution in [0.25, 0.3) is 0 Å². The predicted molar refractivity (Wildman–Crippen MR) is 69.6 cm³/mol. The van der Waals surface area contributed by atoms with Crippen LogP contribution in [-0.4, -0.2) is 30.7 Å². The summed E-state index contributed by atoms with van der Waals surface area (Å²) in [6.07, 6.45) is -4.79. The van der Waals surface area contributed by atoms with Crippen LogP contribution in [0.5, 0.6) is 5.75 Å². The Morgan fingerprint density at radius 3 is 2.55 bits per heavy atom. The summed E-state index contributed by atoms with van der Waals surface area (Å²) in [4.78, 5) is 3.36. The van der Waals surface area contributed by atoms with Crippen LogP contribution in [0.3, 0.4) is 0 Å². The van der Waals surface area contributed by atoms with Crippen molar-refractivity contribution in [2.24, 2.45) is 0 Å². The van der Waals surface area contributed by atoms with Crippen LogP contribution in [0.4, 0.5) is 24.8 Å². The third kappa shape index (κ3) is 3.05. The third-order valence-electron chi connectivity index (χ3n) is 2.51. The maximum atomic E-state index is 13.0. The number of aromatic nitrogens is 3. The molecule has 0 aliphatic heterocycles. The van der Waals surface area contributed by atoms with Gasteiger partial charge in [-0.25, -0.2) is 5.10 Å². The number of H-pyrrole nitrogens is 1. The Balaban J connectivity index is 2.53. The van der Waals surface area contributed by atoms with E-state index in [4.69, 9.17) is 10.5 Å². The first-order valence-corrected chi connectivity index (χ1v) is 7.08. The Labute approximate surface area is 122 Å². The Kier molecular flexibility index (Phi) is 3.87. The topological polar surface area (TPSA) is 123 Å². The quantitative estimate of drug-likeness (QED) is 0.771. The van der Waals surface area contributed by atoms with Gasteiger partial charge in [0.05, 0.1) is 12.7 Å². The molecule has 0 unspecified atom stereocenters. The van der Waals surface area contributed by atoms with Gasteiger partial charge in [0.2, 0.25) is 5.95 Å². The van der Waals surface area contributed by atoms with Crippen LogP contribution in [0.15, 0.2) is 23.4 Å². The molecule has 0 amide bonds. The maximum Gasteiger partial charge on any atom is 0.418 e. The number of anilines is 2. The molecule has 4 N–H and O–H groups in total. The molecule has 0 spiro atoms. The maximum absolute atomic E-state index is 13.0. The average Bonchev–Trinajstić information content (AvgIpc) is 2.85. The number of methoxy groups -OCH3 is 1. The van der Waals surface area contributed by atoms with Crippen molar-refractivity contribution in [3.63, 3.8) is 0 Å². The molecule has 0 aliphatic carbocycles. The second-order valence-corrected chi connectivity index (χ2v) is 5.57. The van der Waals surface area contributed by atoms with E-state index in [-0.39, 0.29) is 11.7 Å². The molecule has 12 heteroatoms. The number of rotatable bonds is 4. The zero-order chi connectivity index (χ0) is 16.5. The fourth-order valence-corrected chi connectivity index (χ4v) is 2.56.